The van der Waals surface area contributed by atoms with E-state index >= 15 is 0 Å². The molecule has 0 bridgehead atoms. The van der Waals surface area contributed by atoms with Crippen LogP contribution in [-0.4, -0.2) is 19.8 Å². The van der Waals surface area contributed by atoms with Crippen molar-refractivity contribution >= 4 is 5.69 Å². The summed E-state index contributed by atoms with van der Waals surface area (Å²) in [6.07, 6.45) is 2.35. The van der Waals surface area contributed by atoms with Crippen LogP contribution in [0.4, 0.5) is 5.69 Å². The van der Waals surface area contributed by atoms with Crippen molar-refractivity contribution in [2.24, 2.45) is 0 Å². The summed E-state index contributed by atoms with van der Waals surface area (Å²) in [5.41, 5.74) is 2.76. The predicted molar refractivity (Wildman–Crippen MR) is 79.4 cm³/mol. The van der Waals surface area contributed by atoms with E-state index in [1.165, 1.54) is 17.7 Å². The van der Waals surface area contributed by atoms with E-state index in [1.807, 2.05) is 0 Å². The number of para-hydroxylation sites is 1. The molecule has 0 spiro atoms. The lowest BCUT2D eigenvalue weighted by atomic mass is 9.86. The normalized spacial score (nSPS) is 11.6. The largest absolute Gasteiger partial charge is 0.382 e. The second-order valence-electron chi connectivity index (χ2n) is 5.69. The number of hydrogen-bond donors (Lipinski definition) is 1. The van der Waals surface area contributed by atoms with Crippen molar-refractivity contribution in [2.45, 2.75) is 46.0 Å². The smallest absolute Gasteiger partial charge is 0.0639 e. The van der Waals surface area contributed by atoms with Crippen molar-refractivity contribution in [2.75, 3.05) is 25.1 Å². The maximum Gasteiger partial charge on any atom is 0.0639 e. The molecule has 0 saturated carbocycles. The molecule has 0 radical (unpaired) electrons. The molecule has 0 fully saturated rings. The number of benzene rings is 1. The lowest BCUT2D eigenvalue weighted by Gasteiger charge is -2.23. The molecule has 102 valence electrons. The molecular formula is C16H27NO. The second-order valence-corrected chi connectivity index (χ2v) is 5.69. The molecular weight excluding hydrogens is 222 g/mol. The SMILES string of the molecule is CCCCOCCNc1ccccc1C(C)(C)C. The lowest BCUT2D eigenvalue weighted by molar-refractivity contribution is 0.141. The molecule has 18 heavy (non-hydrogen) atoms. The first-order valence-electron chi connectivity index (χ1n) is 6.97. The average molecular weight is 249 g/mol. The number of unbranched alkanes of at least 4 members (excludes halogenated alkanes) is 1. The van der Waals surface area contributed by atoms with Crippen molar-refractivity contribution in [3.8, 4) is 0 Å². The third-order valence-corrected chi connectivity index (χ3v) is 2.94. The summed E-state index contributed by atoms with van der Waals surface area (Å²) in [7, 11) is 0. The molecule has 1 aromatic rings. The molecule has 2 nitrogen and oxygen atoms in total. The molecule has 1 rings (SSSR count). The molecule has 0 saturated heterocycles. The van der Waals surface area contributed by atoms with E-state index in [2.05, 4.69) is 57.3 Å². The zero-order valence-electron chi connectivity index (χ0n) is 12.3. The van der Waals surface area contributed by atoms with Crippen LogP contribution in [0.25, 0.3) is 0 Å². The highest BCUT2D eigenvalue weighted by molar-refractivity contribution is 5.54. The van der Waals surface area contributed by atoms with E-state index in [-0.39, 0.29) is 5.41 Å². The van der Waals surface area contributed by atoms with Gasteiger partial charge in [0, 0.05) is 18.8 Å². The number of nitrogens with one attached hydrogen (secondary N) is 1. The Hall–Kier alpha value is -1.02. The van der Waals surface area contributed by atoms with Crippen molar-refractivity contribution < 1.29 is 4.74 Å². The van der Waals surface area contributed by atoms with Gasteiger partial charge in [0.2, 0.25) is 0 Å². The fraction of sp³-hybridized carbons (Fsp3) is 0.625. The average Bonchev–Trinajstić information content (AvgIpc) is 2.33. The van der Waals surface area contributed by atoms with Crippen LogP contribution in [0.5, 0.6) is 0 Å². The summed E-state index contributed by atoms with van der Waals surface area (Å²) in [4.78, 5) is 0. The van der Waals surface area contributed by atoms with Gasteiger partial charge in [0.25, 0.3) is 0 Å². The van der Waals surface area contributed by atoms with Crippen LogP contribution in [0, 0.1) is 0 Å². The fourth-order valence-electron chi connectivity index (χ4n) is 1.90. The van der Waals surface area contributed by atoms with Crippen LogP contribution in [0.2, 0.25) is 0 Å². The van der Waals surface area contributed by atoms with Crippen molar-refractivity contribution in [3.63, 3.8) is 0 Å². The number of rotatable bonds is 7. The molecule has 1 N–H and O–H groups in total. The quantitative estimate of drug-likeness (QED) is 0.731. The maximum absolute atomic E-state index is 5.56. The number of hydrogen-bond acceptors (Lipinski definition) is 2. The number of ether oxygens (including phenoxy) is 1. The predicted octanol–water partition coefficient (Wildman–Crippen LogP) is 4.21. The molecule has 0 aliphatic carbocycles. The van der Waals surface area contributed by atoms with Crippen LogP contribution < -0.4 is 5.32 Å². The second kappa shape index (κ2) is 7.42. The zero-order valence-corrected chi connectivity index (χ0v) is 12.3. The Morgan fingerprint density at radius 1 is 1.11 bits per heavy atom. The Morgan fingerprint density at radius 2 is 1.83 bits per heavy atom. The molecule has 0 amide bonds. The van der Waals surface area contributed by atoms with E-state index in [9.17, 15) is 0 Å². The first kappa shape index (κ1) is 15.0. The maximum atomic E-state index is 5.56. The standard InChI is InChI=1S/C16H27NO/c1-5-6-12-18-13-11-17-15-10-8-7-9-14(15)16(2,3)4/h7-10,17H,5-6,11-13H2,1-4H3. The van der Waals surface area contributed by atoms with Crippen LogP contribution in [-0.2, 0) is 10.2 Å². The minimum absolute atomic E-state index is 0.173. The van der Waals surface area contributed by atoms with Gasteiger partial charge in [-0.15, -0.1) is 0 Å². The Labute approximate surface area is 112 Å². The van der Waals surface area contributed by atoms with Gasteiger partial charge >= 0.3 is 0 Å². The first-order chi connectivity index (χ1) is 8.55. The molecule has 0 aliphatic rings. The molecule has 0 atom stereocenters. The van der Waals surface area contributed by atoms with Crippen molar-refractivity contribution in [3.05, 3.63) is 29.8 Å². The third kappa shape index (κ3) is 5.09. The van der Waals surface area contributed by atoms with E-state index < -0.39 is 0 Å². The van der Waals surface area contributed by atoms with E-state index in [0.717, 1.165) is 26.2 Å². The zero-order chi connectivity index (χ0) is 13.4. The Kier molecular flexibility index (Phi) is 6.20. The first-order valence-corrected chi connectivity index (χ1v) is 6.97. The van der Waals surface area contributed by atoms with Gasteiger partial charge in [-0.3, -0.25) is 0 Å². The molecule has 1 aromatic carbocycles. The number of anilines is 1. The minimum Gasteiger partial charge on any atom is -0.382 e. The fourth-order valence-corrected chi connectivity index (χ4v) is 1.90. The Balaban J connectivity index is 2.43. The molecule has 0 aromatic heterocycles. The molecule has 0 aliphatic heterocycles. The van der Waals surface area contributed by atoms with Gasteiger partial charge in [-0.25, -0.2) is 0 Å². The van der Waals surface area contributed by atoms with Crippen LogP contribution in [0.1, 0.15) is 46.1 Å². The van der Waals surface area contributed by atoms with Gasteiger partial charge in [-0.05, 0) is 23.5 Å². The molecule has 2 heteroatoms. The summed E-state index contributed by atoms with van der Waals surface area (Å²) < 4.78 is 5.56. The Morgan fingerprint density at radius 3 is 2.50 bits per heavy atom. The highest BCUT2D eigenvalue weighted by Crippen LogP contribution is 2.28. The highest BCUT2D eigenvalue weighted by atomic mass is 16.5. The summed E-state index contributed by atoms with van der Waals surface area (Å²) in [5.74, 6) is 0. The van der Waals surface area contributed by atoms with Crippen molar-refractivity contribution in [1.29, 1.82) is 0 Å². The van der Waals surface area contributed by atoms with E-state index in [4.69, 9.17) is 4.74 Å². The van der Waals surface area contributed by atoms with Gasteiger partial charge in [0.1, 0.15) is 0 Å². The van der Waals surface area contributed by atoms with E-state index in [0.29, 0.717) is 0 Å². The van der Waals surface area contributed by atoms with Crippen LogP contribution >= 0.6 is 0 Å². The topological polar surface area (TPSA) is 21.3 Å². The van der Waals surface area contributed by atoms with Gasteiger partial charge in [0.05, 0.1) is 6.61 Å². The lowest BCUT2D eigenvalue weighted by Crippen LogP contribution is -2.17. The highest BCUT2D eigenvalue weighted by Gasteiger charge is 2.16. The summed E-state index contributed by atoms with van der Waals surface area (Å²) in [5, 5.41) is 3.47. The van der Waals surface area contributed by atoms with Gasteiger partial charge in [0.15, 0.2) is 0 Å². The van der Waals surface area contributed by atoms with E-state index in [1.54, 1.807) is 0 Å². The minimum atomic E-state index is 0.173. The van der Waals surface area contributed by atoms with Crippen LogP contribution in [0.3, 0.4) is 0 Å². The van der Waals surface area contributed by atoms with Gasteiger partial charge in [-0.2, -0.15) is 0 Å². The summed E-state index contributed by atoms with van der Waals surface area (Å²) >= 11 is 0. The molecule has 0 heterocycles. The van der Waals surface area contributed by atoms with Gasteiger partial charge in [-0.1, -0.05) is 52.3 Å². The van der Waals surface area contributed by atoms with Crippen molar-refractivity contribution in [1.82, 2.24) is 0 Å². The Bertz CT molecular complexity index is 341. The summed E-state index contributed by atoms with van der Waals surface area (Å²) in [6, 6.07) is 8.52. The van der Waals surface area contributed by atoms with Crippen LogP contribution in [0.15, 0.2) is 24.3 Å². The summed E-state index contributed by atoms with van der Waals surface area (Å²) in [6.45, 7) is 11.4. The monoisotopic (exact) mass is 249 g/mol. The molecule has 0 unspecified atom stereocenters. The third-order valence-electron chi connectivity index (χ3n) is 2.94. The van der Waals surface area contributed by atoms with Gasteiger partial charge < -0.3 is 10.1 Å².